The van der Waals surface area contributed by atoms with Crippen molar-refractivity contribution < 1.29 is 14.0 Å². The third-order valence-electron chi connectivity index (χ3n) is 3.55. The molecule has 1 atom stereocenters. The van der Waals surface area contributed by atoms with Gasteiger partial charge in [-0.2, -0.15) is 0 Å². The van der Waals surface area contributed by atoms with Crippen LogP contribution in [0.5, 0.6) is 0 Å². The Labute approximate surface area is 146 Å². The van der Waals surface area contributed by atoms with Crippen LogP contribution in [0.3, 0.4) is 0 Å². The number of nitrogens with two attached hydrogens (primary N) is 1. The van der Waals surface area contributed by atoms with Crippen molar-refractivity contribution in [1.82, 2.24) is 20.4 Å². The van der Waals surface area contributed by atoms with Gasteiger partial charge >= 0.3 is 0 Å². The first kappa shape index (κ1) is 16.8. The number of hydrogen-bond donors (Lipinski definition) is 2. The average molecular weight is 367 g/mol. The molecule has 3 N–H and O–H groups in total. The molecular formula is C14H17N5O3S2. The van der Waals surface area contributed by atoms with Gasteiger partial charge in [-0.05, 0) is 25.0 Å². The maximum absolute atomic E-state index is 12.3. The summed E-state index contributed by atoms with van der Waals surface area (Å²) in [7, 11) is 0. The van der Waals surface area contributed by atoms with Gasteiger partial charge in [-0.3, -0.25) is 9.59 Å². The van der Waals surface area contributed by atoms with E-state index in [1.165, 1.54) is 29.4 Å². The van der Waals surface area contributed by atoms with Crippen molar-refractivity contribution in [1.29, 1.82) is 0 Å². The van der Waals surface area contributed by atoms with Gasteiger partial charge in [0.15, 0.2) is 10.1 Å². The highest BCUT2D eigenvalue weighted by molar-refractivity contribution is 8.01. The average Bonchev–Trinajstić information content (AvgIpc) is 3.24. The zero-order valence-corrected chi connectivity index (χ0v) is 14.4. The quantitative estimate of drug-likeness (QED) is 0.764. The first-order valence-electron chi connectivity index (χ1n) is 7.46. The number of aromatic nitrogens is 2. The Morgan fingerprint density at radius 2 is 2.38 bits per heavy atom. The van der Waals surface area contributed by atoms with Crippen molar-refractivity contribution in [3.8, 4) is 0 Å². The van der Waals surface area contributed by atoms with Crippen LogP contribution < -0.4 is 11.1 Å². The zero-order valence-electron chi connectivity index (χ0n) is 12.8. The van der Waals surface area contributed by atoms with Crippen molar-refractivity contribution in [3.63, 3.8) is 0 Å². The number of nitrogens with one attached hydrogen (secondary N) is 1. The van der Waals surface area contributed by atoms with Crippen molar-refractivity contribution in [3.05, 3.63) is 24.2 Å². The first-order chi connectivity index (χ1) is 11.6. The lowest BCUT2D eigenvalue weighted by atomic mass is 10.1. The van der Waals surface area contributed by atoms with E-state index in [0.717, 1.165) is 12.8 Å². The van der Waals surface area contributed by atoms with Crippen molar-refractivity contribution >= 4 is 40.0 Å². The lowest BCUT2D eigenvalue weighted by molar-refractivity contribution is -0.119. The molecule has 3 rings (SSSR count). The van der Waals surface area contributed by atoms with E-state index in [9.17, 15) is 9.59 Å². The van der Waals surface area contributed by atoms with Crippen LogP contribution in [-0.2, 0) is 4.79 Å². The molecule has 128 valence electrons. The van der Waals surface area contributed by atoms with Gasteiger partial charge < -0.3 is 20.4 Å². The van der Waals surface area contributed by atoms with E-state index in [-0.39, 0.29) is 23.6 Å². The molecule has 1 aliphatic rings. The first-order valence-corrected chi connectivity index (χ1v) is 9.26. The molecule has 1 aliphatic heterocycles. The van der Waals surface area contributed by atoms with Gasteiger partial charge in [-0.15, -0.1) is 10.2 Å². The number of nitrogens with zero attached hydrogens (tertiary/aromatic N) is 3. The summed E-state index contributed by atoms with van der Waals surface area (Å²) in [6, 6.07) is 3.29. The van der Waals surface area contributed by atoms with E-state index in [4.69, 9.17) is 10.2 Å². The summed E-state index contributed by atoms with van der Waals surface area (Å²) < 4.78 is 5.82. The van der Waals surface area contributed by atoms with Crippen LogP contribution in [0.4, 0.5) is 5.13 Å². The molecule has 0 aromatic carbocycles. The standard InChI is InChI=1S/C14H17N5O3S2/c15-13-17-18-14(24-13)23-8-11(20)16-9-3-1-5-19(7-9)12(21)10-4-2-6-22-10/h2,4,6,9H,1,3,5,7-8H2,(H2,15,17)(H,16,20)/t9-/m1/s1. The number of nitrogen functional groups attached to an aromatic ring is 1. The predicted molar refractivity (Wildman–Crippen MR) is 90.8 cm³/mol. The Kier molecular flexibility index (Phi) is 5.36. The fraction of sp³-hybridized carbons (Fsp3) is 0.429. The minimum absolute atomic E-state index is 0.0507. The molecule has 0 aliphatic carbocycles. The number of carbonyl (C=O) groups excluding carboxylic acids is 2. The Balaban J connectivity index is 1.48. The highest BCUT2D eigenvalue weighted by atomic mass is 32.2. The van der Waals surface area contributed by atoms with E-state index in [2.05, 4.69) is 15.5 Å². The van der Waals surface area contributed by atoms with Crippen molar-refractivity contribution in [2.45, 2.75) is 23.2 Å². The molecule has 0 radical (unpaired) electrons. The summed E-state index contributed by atoms with van der Waals surface area (Å²) in [4.78, 5) is 26.1. The molecule has 0 saturated carbocycles. The van der Waals surface area contributed by atoms with Gasteiger partial charge in [-0.1, -0.05) is 23.1 Å². The molecule has 2 amide bonds. The zero-order chi connectivity index (χ0) is 16.9. The second-order valence-corrected chi connectivity index (χ2v) is 7.56. The van der Waals surface area contributed by atoms with E-state index in [1.807, 2.05) is 0 Å². The number of amides is 2. The fourth-order valence-electron chi connectivity index (χ4n) is 2.51. The molecule has 2 aromatic heterocycles. The normalized spacial score (nSPS) is 17.7. The number of furan rings is 1. The lowest BCUT2D eigenvalue weighted by Crippen LogP contribution is -2.50. The smallest absolute Gasteiger partial charge is 0.289 e. The van der Waals surface area contributed by atoms with E-state index >= 15 is 0 Å². The summed E-state index contributed by atoms with van der Waals surface area (Å²) >= 11 is 2.55. The molecule has 3 heterocycles. The number of piperidine rings is 1. The Bertz CT molecular complexity index is 703. The van der Waals surface area contributed by atoms with Crippen LogP contribution in [0.15, 0.2) is 27.2 Å². The fourth-order valence-corrected chi connectivity index (χ4v) is 3.96. The van der Waals surface area contributed by atoms with Crippen LogP contribution in [0.1, 0.15) is 23.4 Å². The third-order valence-corrected chi connectivity index (χ3v) is 5.44. The Hall–Kier alpha value is -2.07. The van der Waals surface area contributed by atoms with E-state index < -0.39 is 0 Å². The minimum Gasteiger partial charge on any atom is -0.459 e. The van der Waals surface area contributed by atoms with E-state index in [1.54, 1.807) is 17.0 Å². The summed E-state index contributed by atoms with van der Waals surface area (Å²) in [5.74, 6) is 0.340. The Morgan fingerprint density at radius 1 is 1.50 bits per heavy atom. The van der Waals surface area contributed by atoms with Crippen LogP contribution in [0.2, 0.25) is 0 Å². The topological polar surface area (TPSA) is 114 Å². The van der Waals surface area contributed by atoms with Crippen LogP contribution in [0.25, 0.3) is 0 Å². The van der Waals surface area contributed by atoms with Gasteiger partial charge in [-0.25, -0.2) is 0 Å². The molecule has 24 heavy (non-hydrogen) atoms. The second-order valence-electron chi connectivity index (χ2n) is 5.33. The number of likely N-dealkylation sites (tertiary alicyclic amines) is 1. The largest absolute Gasteiger partial charge is 0.459 e. The number of rotatable bonds is 5. The van der Waals surface area contributed by atoms with Crippen LogP contribution in [-0.4, -0.2) is 51.8 Å². The molecule has 1 saturated heterocycles. The molecule has 0 spiro atoms. The van der Waals surface area contributed by atoms with E-state index in [0.29, 0.717) is 28.3 Å². The molecule has 0 bridgehead atoms. The van der Waals surface area contributed by atoms with Gasteiger partial charge in [0.25, 0.3) is 5.91 Å². The summed E-state index contributed by atoms with van der Waals surface area (Å²) in [5, 5.41) is 10.9. The van der Waals surface area contributed by atoms with Gasteiger partial charge in [0.05, 0.1) is 12.0 Å². The van der Waals surface area contributed by atoms with Gasteiger partial charge in [0.1, 0.15) is 0 Å². The Morgan fingerprint density at radius 3 is 3.08 bits per heavy atom. The van der Waals surface area contributed by atoms with Crippen molar-refractivity contribution in [2.24, 2.45) is 0 Å². The van der Waals surface area contributed by atoms with Crippen LogP contribution in [0, 0.1) is 0 Å². The maximum Gasteiger partial charge on any atom is 0.289 e. The molecule has 8 nitrogen and oxygen atoms in total. The maximum atomic E-state index is 12.3. The van der Waals surface area contributed by atoms with Gasteiger partial charge in [0.2, 0.25) is 11.0 Å². The summed E-state index contributed by atoms with van der Waals surface area (Å²) in [6.07, 6.45) is 3.18. The number of carbonyl (C=O) groups is 2. The number of anilines is 1. The lowest BCUT2D eigenvalue weighted by Gasteiger charge is -2.32. The number of hydrogen-bond acceptors (Lipinski definition) is 8. The molecule has 2 aromatic rings. The third kappa shape index (κ3) is 4.26. The molecule has 10 heteroatoms. The molecular weight excluding hydrogens is 350 g/mol. The van der Waals surface area contributed by atoms with Crippen LogP contribution >= 0.6 is 23.1 Å². The van der Waals surface area contributed by atoms with Gasteiger partial charge in [0, 0.05) is 19.1 Å². The highest BCUT2D eigenvalue weighted by Crippen LogP contribution is 2.23. The monoisotopic (exact) mass is 367 g/mol. The molecule has 1 fully saturated rings. The second kappa shape index (κ2) is 7.67. The summed E-state index contributed by atoms with van der Waals surface area (Å²) in [5.41, 5.74) is 5.50. The number of thioether (sulfide) groups is 1. The van der Waals surface area contributed by atoms with Crippen molar-refractivity contribution in [2.75, 3.05) is 24.6 Å². The summed E-state index contributed by atoms with van der Waals surface area (Å²) in [6.45, 7) is 1.16. The SMILES string of the molecule is Nc1nnc(SCC(=O)N[C@@H]2CCCN(C(=O)c3ccco3)C2)s1. The highest BCUT2D eigenvalue weighted by Gasteiger charge is 2.26. The predicted octanol–water partition coefficient (Wildman–Crippen LogP) is 1.23. The minimum atomic E-state index is -0.141. The molecule has 0 unspecified atom stereocenters.